The molecular weight excluding hydrogens is 264 g/mol. The molecule has 19 heavy (non-hydrogen) atoms. The molecule has 2 heterocycles. The van der Waals surface area contributed by atoms with E-state index in [1.54, 1.807) is 11.5 Å². The van der Waals surface area contributed by atoms with E-state index in [0.717, 1.165) is 25.9 Å². The summed E-state index contributed by atoms with van der Waals surface area (Å²) in [5.74, 6) is 0.492. The molecule has 0 bridgehead atoms. The Morgan fingerprint density at radius 3 is 2.84 bits per heavy atom. The van der Waals surface area contributed by atoms with Gasteiger partial charge in [-0.15, -0.1) is 10.2 Å². The van der Waals surface area contributed by atoms with Gasteiger partial charge in [-0.1, -0.05) is 11.8 Å². The van der Waals surface area contributed by atoms with E-state index in [-0.39, 0.29) is 17.6 Å². The number of carbonyl (C=O) groups is 1. The van der Waals surface area contributed by atoms with Crippen molar-refractivity contribution < 1.29 is 4.79 Å². The van der Waals surface area contributed by atoms with E-state index >= 15 is 0 Å². The Morgan fingerprint density at radius 1 is 1.53 bits per heavy atom. The maximum absolute atomic E-state index is 12.3. The van der Waals surface area contributed by atoms with Gasteiger partial charge in [0, 0.05) is 13.1 Å². The Bertz CT molecular complexity index is 502. The summed E-state index contributed by atoms with van der Waals surface area (Å²) in [5.41, 5.74) is 5.77. The van der Waals surface area contributed by atoms with E-state index in [1.165, 1.54) is 11.8 Å². The molecule has 0 saturated carbocycles. The number of amides is 1. The topological polar surface area (TPSA) is 101 Å². The van der Waals surface area contributed by atoms with Gasteiger partial charge in [-0.25, -0.2) is 0 Å². The fourth-order valence-electron chi connectivity index (χ4n) is 2.16. The molecule has 1 aliphatic rings. The average molecular weight is 280 g/mol. The van der Waals surface area contributed by atoms with Crippen LogP contribution in [0.2, 0.25) is 0 Å². The summed E-state index contributed by atoms with van der Waals surface area (Å²) in [5, 5.41) is 16.8. The molecule has 0 aliphatic carbocycles. The predicted octanol–water partition coefficient (Wildman–Crippen LogP) is 0.659. The minimum absolute atomic E-state index is 0.0304. The van der Waals surface area contributed by atoms with Crippen LogP contribution in [0, 0.1) is 11.3 Å². The number of hydrogen-bond acceptors (Lipinski definition) is 6. The number of anilines is 1. The van der Waals surface area contributed by atoms with Crippen LogP contribution in [-0.4, -0.2) is 44.4 Å². The number of likely N-dealkylation sites (tertiary alicyclic amines) is 1. The van der Waals surface area contributed by atoms with Crippen molar-refractivity contribution in [3.05, 3.63) is 0 Å². The fraction of sp³-hybridized carbons (Fsp3) is 0.636. The zero-order valence-corrected chi connectivity index (χ0v) is 11.6. The van der Waals surface area contributed by atoms with E-state index < -0.39 is 6.04 Å². The quantitative estimate of drug-likeness (QED) is 0.813. The zero-order valence-electron chi connectivity index (χ0n) is 10.7. The number of nitrogen functional groups attached to an aromatic ring is 1. The Balaban J connectivity index is 2.17. The van der Waals surface area contributed by atoms with Crippen LogP contribution in [0.3, 0.4) is 0 Å². The standard InChI is InChI=1S/C11H16N6OS/c1-8(9(18)16-5-2-3-6-16)17-10(13)14-15-11(17)19-7-4-12/h8H,2-3,5-7H2,1H3,(H2,13,14). The second kappa shape index (κ2) is 5.93. The lowest BCUT2D eigenvalue weighted by molar-refractivity contribution is -0.133. The number of nitrogens with zero attached hydrogens (tertiary/aromatic N) is 5. The van der Waals surface area contributed by atoms with Crippen LogP contribution in [-0.2, 0) is 4.79 Å². The number of nitriles is 1. The van der Waals surface area contributed by atoms with Crippen molar-refractivity contribution in [1.82, 2.24) is 19.7 Å². The number of nitrogens with two attached hydrogens (primary N) is 1. The SMILES string of the molecule is CC(C(=O)N1CCCC1)n1c(N)nnc1SCC#N. The molecule has 0 spiro atoms. The van der Waals surface area contributed by atoms with Crippen LogP contribution in [0.5, 0.6) is 0 Å². The van der Waals surface area contributed by atoms with Crippen LogP contribution >= 0.6 is 11.8 Å². The Labute approximate surface area is 115 Å². The van der Waals surface area contributed by atoms with Crippen molar-refractivity contribution in [2.45, 2.75) is 31.0 Å². The van der Waals surface area contributed by atoms with Gasteiger partial charge >= 0.3 is 0 Å². The summed E-state index contributed by atoms with van der Waals surface area (Å²) in [4.78, 5) is 14.2. The first-order chi connectivity index (χ1) is 9.15. The fourth-order valence-corrected chi connectivity index (χ4v) is 2.84. The van der Waals surface area contributed by atoms with Crippen molar-refractivity contribution in [3.63, 3.8) is 0 Å². The van der Waals surface area contributed by atoms with E-state index in [0.29, 0.717) is 5.16 Å². The van der Waals surface area contributed by atoms with Gasteiger partial charge in [-0.3, -0.25) is 9.36 Å². The molecule has 2 N–H and O–H groups in total. The van der Waals surface area contributed by atoms with Crippen LogP contribution in [0.25, 0.3) is 0 Å². The van der Waals surface area contributed by atoms with Crippen molar-refractivity contribution in [3.8, 4) is 6.07 Å². The minimum atomic E-state index is -0.436. The van der Waals surface area contributed by atoms with Crippen LogP contribution in [0.15, 0.2) is 5.16 Å². The third-order valence-electron chi connectivity index (χ3n) is 3.12. The van der Waals surface area contributed by atoms with E-state index in [4.69, 9.17) is 11.0 Å². The minimum Gasteiger partial charge on any atom is -0.368 e. The second-order valence-electron chi connectivity index (χ2n) is 4.37. The molecule has 102 valence electrons. The molecule has 1 aliphatic heterocycles. The highest BCUT2D eigenvalue weighted by molar-refractivity contribution is 7.99. The van der Waals surface area contributed by atoms with Gasteiger partial charge in [0.15, 0.2) is 5.16 Å². The summed E-state index contributed by atoms with van der Waals surface area (Å²) in [6.45, 7) is 3.38. The molecule has 1 saturated heterocycles. The summed E-state index contributed by atoms with van der Waals surface area (Å²) >= 11 is 1.23. The van der Waals surface area contributed by atoms with Crippen molar-refractivity contribution in [2.75, 3.05) is 24.6 Å². The van der Waals surface area contributed by atoms with Crippen molar-refractivity contribution >= 4 is 23.6 Å². The van der Waals surface area contributed by atoms with Gasteiger partial charge in [0.25, 0.3) is 0 Å². The Kier molecular flexibility index (Phi) is 4.27. The normalized spacial score (nSPS) is 16.3. The van der Waals surface area contributed by atoms with Crippen molar-refractivity contribution in [1.29, 1.82) is 5.26 Å². The molecule has 0 radical (unpaired) electrons. The molecule has 8 heteroatoms. The predicted molar refractivity (Wildman–Crippen MR) is 71.3 cm³/mol. The number of thioether (sulfide) groups is 1. The largest absolute Gasteiger partial charge is 0.368 e. The smallest absolute Gasteiger partial charge is 0.245 e. The first kappa shape index (κ1) is 13.7. The van der Waals surface area contributed by atoms with Gasteiger partial charge in [0.2, 0.25) is 11.9 Å². The Morgan fingerprint density at radius 2 is 2.21 bits per heavy atom. The summed E-state index contributed by atoms with van der Waals surface area (Å²) in [6, 6.07) is 1.59. The number of hydrogen-bond donors (Lipinski definition) is 1. The molecule has 0 aromatic carbocycles. The maximum atomic E-state index is 12.3. The highest BCUT2D eigenvalue weighted by Gasteiger charge is 2.27. The molecule has 1 unspecified atom stereocenters. The van der Waals surface area contributed by atoms with Crippen LogP contribution in [0.4, 0.5) is 5.95 Å². The molecule has 2 rings (SSSR count). The van der Waals surface area contributed by atoms with Gasteiger partial charge in [-0.05, 0) is 19.8 Å². The molecule has 1 fully saturated rings. The second-order valence-corrected chi connectivity index (χ2v) is 5.31. The van der Waals surface area contributed by atoms with Gasteiger partial charge < -0.3 is 10.6 Å². The lowest BCUT2D eigenvalue weighted by atomic mass is 10.3. The zero-order chi connectivity index (χ0) is 13.8. The Hall–Kier alpha value is -1.75. The molecule has 7 nitrogen and oxygen atoms in total. The van der Waals surface area contributed by atoms with Crippen molar-refractivity contribution in [2.24, 2.45) is 0 Å². The van der Waals surface area contributed by atoms with Gasteiger partial charge in [0.05, 0.1) is 11.8 Å². The van der Waals surface area contributed by atoms with Crippen LogP contribution in [0.1, 0.15) is 25.8 Å². The summed E-state index contributed by atoms with van der Waals surface area (Å²) in [7, 11) is 0. The molecular formula is C11H16N6OS. The van der Waals surface area contributed by atoms with E-state index in [1.807, 2.05) is 11.0 Å². The first-order valence-corrected chi connectivity index (χ1v) is 7.12. The molecule has 1 aromatic heterocycles. The number of aromatic nitrogens is 3. The van der Waals surface area contributed by atoms with Crippen LogP contribution < -0.4 is 5.73 Å². The molecule has 1 aromatic rings. The summed E-state index contributed by atoms with van der Waals surface area (Å²) in [6.07, 6.45) is 2.10. The van der Waals surface area contributed by atoms with Gasteiger partial charge in [-0.2, -0.15) is 5.26 Å². The first-order valence-electron chi connectivity index (χ1n) is 6.14. The monoisotopic (exact) mass is 280 g/mol. The maximum Gasteiger partial charge on any atom is 0.245 e. The lowest BCUT2D eigenvalue weighted by Gasteiger charge is -2.22. The van der Waals surface area contributed by atoms with E-state index in [9.17, 15) is 4.79 Å². The number of carbonyl (C=O) groups excluding carboxylic acids is 1. The van der Waals surface area contributed by atoms with E-state index in [2.05, 4.69) is 10.2 Å². The lowest BCUT2D eigenvalue weighted by Crippen LogP contribution is -2.34. The van der Waals surface area contributed by atoms with Gasteiger partial charge in [0.1, 0.15) is 6.04 Å². The number of rotatable bonds is 4. The average Bonchev–Trinajstić information content (AvgIpc) is 3.04. The summed E-state index contributed by atoms with van der Waals surface area (Å²) < 4.78 is 1.60. The third-order valence-corrected chi connectivity index (χ3v) is 3.93. The molecule has 1 amide bonds. The molecule has 1 atom stereocenters. The highest BCUT2D eigenvalue weighted by atomic mass is 32.2. The third kappa shape index (κ3) is 2.81. The highest BCUT2D eigenvalue weighted by Crippen LogP contribution is 2.24.